The SMILES string of the molecule is O=C(O)C1COC(=O)N1C1CCC1. The van der Waals surface area contributed by atoms with Crippen molar-refractivity contribution in [3.05, 3.63) is 0 Å². The Morgan fingerprint density at radius 3 is 2.69 bits per heavy atom. The third kappa shape index (κ3) is 1.24. The number of carbonyl (C=O) groups is 2. The molecular weight excluding hydrogens is 174 g/mol. The van der Waals surface area contributed by atoms with Gasteiger partial charge in [0.1, 0.15) is 6.61 Å². The maximum atomic E-state index is 11.2. The van der Waals surface area contributed by atoms with Crippen LogP contribution >= 0.6 is 0 Å². The van der Waals surface area contributed by atoms with E-state index in [1.165, 1.54) is 4.90 Å². The molecule has 13 heavy (non-hydrogen) atoms. The Balaban J connectivity index is 2.10. The smallest absolute Gasteiger partial charge is 0.410 e. The summed E-state index contributed by atoms with van der Waals surface area (Å²) in [7, 11) is 0. The van der Waals surface area contributed by atoms with Crippen LogP contribution in [-0.2, 0) is 9.53 Å². The van der Waals surface area contributed by atoms with Gasteiger partial charge in [0.25, 0.3) is 0 Å². The molecule has 0 spiro atoms. The van der Waals surface area contributed by atoms with Crippen molar-refractivity contribution in [1.29, 1.82) is 0 Å². The number of hydrogen-bond acceptors (Lipinski definition) is 3. The maximum Gasteiger partial charge on any atom is 0.410 e. The van der Waals surface area contributed by atoms with E-state index in [1.807, 2.05) is 0 Å². The van der Waals surface area contributed by atoms with Crippen LogP contribution in [0.3, 0.4) is 0 Å². The molecule has 5 nitrogen and oxygen atoms in total. The van der Waals surface area contributed by atoms with Gasteiger partial charge in [-0.3, -0.25) is 4.90 Å². The summed E-state index contributed by atoms with van der Waals surface area (Å²) in [4.78, 5) is 23.3. The highest BCUT2D eigenvalue weighted by Gasteiger charge is 2.43. The van der Waals surface area contributed by atoms with Crippen LogP contribution < -0.4 is 0 Å². The monoisotopic (exact) mass is 185 g/mol. The first-order chi connectivity index (χ1) is 6.20. The predicted molar refractivity (Wildman–Crippen MR) is 42.2 cm³/mol. The Morgan fingerprint density at radius 1 is 1.54 bits per heavy atom. The molecule has 2 rings (SSSR count). The summed E-state index contributed by atoms with van der Waals surface area (Å²) in [5, 5.41) is 8.80. The van der Waals surface area contributed by atoms with Crippen molar-refractivity contribution in [2.45, 2.75) is 31.3 Å². The Hall–Kier alpha value is -1.26. The van der Waals surface area contributed by atoms with Gasteiger partial charge in [-0.1, -0.05) is 0 Å². The Kier molecular flexibility index (Phi) is 1.86. The fraction of sp³-hybridized carbons (Fsp3) is 0.750. The summed E-state index contributed by atoms with van der Waals surface area (Å²) >= 11 is 0. The van der Waals surface area contributed by atoms with Crippen LogP contribution in [0, 0.1) is 0 Å². The summed E-state index contributed by atoms with van der Waals surface area (Å²) in [5.74, 6) is -0.974. The molecule has 0 bridgehead atoms. The molecule has 2 aliphatic rings. The van der Waals surface area contributed by atoms with E-state index in [1.54, 1.807) is 0 Å². The topological polar surface area (TPSA) is 66.8 Å². The molecule has 1 heterocycles. The molecule has 1 N–H and O–H groups in total. The van der Waals surface area contributed by atoms with E-state index in [0.717, 1.165) is 19.3 Å². The fourth-order valence-electron chi connectivity index (χ4n) is 1.69. The molecule has 1 amide bonds. The van der Waals surface area contributed by atoms with Crippen molar-refractivity contribution >= 4 is 12.1 Å². The molecule has 0 aromatic heterocycles. The zero-order valence-electron chi connectivity index (χ0n) is 7.10. The summed E-state index contributed by atoms with van der Waals surface area (Å²) < 4.78 is 4.70. The van der Waals surface area contributed by atoms with Gasteiger partial charge in [-0.15, -0.1) is 0 Å². The third-order valence-corrected chi connectivity index (χ3v) is 2.66. The summed E-state index contributed by atoms with van der Waals surface area (Å²) in [6.07, 6.45) is 2.40. The van der Waals surface area contributed by atoms with Crippen LogP contribution in [-0.4, -0.2) is 40.8 Å². The lowest BCUT2D eigenvalue weighted by atomic mass is 9.91. The highest BCUT2D eigenvalue weighted by Crippen LogP contribution is 2.29. The van der Waals surface area contributed by atoms with Crippen molar-refractivity contribution < 1.29 is 19.4 Å². The third-order valence-electron chi connectivity index (χ3n) is 2.66. The van der Waals surface area contributed by atoms with Crippen LogP contribution in [0.15, 0.2) is 0 Å². The van der Waals surface area contributed by atoms with Crippen LogP contribution in [0.25, 0.3) is 0 Å². The van der Waals surface area contributed by atoms with E-state index in [2.05, 4.69) is 0 Å². The lowest BCUT2D eigenvalue weighted by Gasteiger charge is -2.34. The quantitative estimate of drug-likeness (QED) is 0.678. The first kappa shape index (κ1) is 8.34. The van der Waals surface area contributed by atoms with Crippen molar-refractivity contribution in [3.63, 3.8) is 0 Å². The van der Waals surface area contributed by atoms with Gasteiger partial charge in [0.05, 0.1) is 0 Å². The van der Waals surface area contributed by atoms with E-state index >= 15 is 0 Å². The van der Waals surface area contributed by atoms with Crippen molar-refractivity contribution in [1.82, 2.24) is 4.90 Å². The van der Waals surface area contributed by atoms with Crippen molar-refractivity contribution in [2.75, 3.05) is 6.61 Å². The second-order valence-corrected chi connectivity index (χ2v) is 3.42. The molecular formula is C8H11NO4. The minimum atomic E-state index is -0.974. The second kappa shape index (κ2) is 2.90. The van der Waals surface area contributed by atoms with Crippen molar-refractivity contribution in [2.24, 2.45) is 0 Å². The molecule has 5 heteroatoms. The van der Waals surface area contributed by atoms with Gasteiger partial charge in [-0.05, 0) is 19.3 Å². The standard InChI is InChI=1S/C8H11NO4/c10-7(11)6-4-13-8(12)9(6)5-2-1-3-5/h5-6H,1-4H2,(H,10,11). The molecule has 1 atom stereocenters. The average Bonchev–Trinajstić information content (AvgIpc) is 2.30. The Bertz CT molecular complexity index is 249. The van der Waals surface area contributed by atoms with Crippen LogP contribution in [0.5, 0.6) is 0 Å². The number of nitrogens with zero attached hydrogens (tertiary/aromatic N) is 1. The van der Waals surface area contributed by atoms with Crippen LogP contribution in [0.4, 0.5) is 4.79 Å². The minimum Gasteiger partial charge on any atom is -0.480 e. The number of cyclic esters (lactones) is 1. The number of carboxylic acids is 1. The number of carboxylic acid groups (broad SMARTS) is 1. The number of hydrogen-bond donors (Lipinski definition) is 1. The first-order valence-corrected chi connectivity index (χ1v) is 4.38. The van der Waals surface area contributed by atoms with Crippen LogP contribution in [0.1, 0.15) is 19.3 Å². The summed E-state index contributed by atoms with van der Waals surface area (Å²) in [5.41, 5.74) is 0. The van der Waals surface area contributed by atoms with E-state index in [-0.39, 0.29) is 12.6 Å². The number of carbonyl (C=O) groups excluding carboxylic acids is 1. The van der Waals surface area contributed by atoms with Crippen molar-refractivity contribution in [3.8, 4) is 0 Å². The average molecular weight is 185 g/mol. The molecule has 1 aliphatic heterocycles. The van der Waals surface area contributed by atoms with Gasteiger partial charge in [0.2, 0.25) is 0 Å². The molecule has 0 aromatic rings. The van der Waals surface area contributed by atoms with Gasteiger partial charge in [0.15, 0.2) is 6.04 Å². The summed E-state index contributed by atoms with van der Waals surface area (Å²) in [6, 6.07) is -0.672. The van der Waals surface area contributed by atoms with Gasteiger partial charge >= 0.3 is 12.1 Å². The molecule has 72 valence electrons. The zero-order valence-corrected chi connectivity index (χ0v) is 7.10. The van der Waals surface area contributed by atoms with Gasteiger partial charge in [0, 0.05) is 6.04 Å². The predicted octanol–water partition coefficient (Wildman–Crippen LogP) is 0.444. The number of aliphatic carboxylic acids is 1. The molecule has 2 fully saturated rings. The molecule has 0 radical (unpaired) electrons. The molecule has 1 unspecified atom stereocenters. The van der Waals surface area contributed by atoms with Gasteiger partial charge in [-0.2, -0.15) is 0 Å². The largest absolute Gasteiger partial charge is 0.480 e. The Morgan fingerprint density at radius 2 is 2.23 bits per heavy atom. The fourth-order valence-corrected chi connectivity index (χ4v) is 1.69. The Labute approximate surface area is 75.3 Å². The van der Waals surface area contributed by atoms with E-state index in [4.69, 9.17) is 9.84 Å². The highest BCUT2D eigenvalue weighted by molar-refractivity contribution is 5.83. The normalized spacial score (nSPS) is 28.5. The highest BCUT2D eigenvalue weighted by atomic mass is 16.6. The van der Waals surface area contributed by atoms with E-state index < -0.39 is 18.1 Å². The van der Waals surface area contributed by atoms with Gasteiger partial charge in [-0.25, -0.2) is 9.59 Å². The van der Waals surface area contributed by atoms with Crippen LogP contribution in [0.2, 0.25) is 0 Å². The van der Waals surface area contributed by atoms with E-state index in [9.17, 15) is 9.59 Å². The number of rotatable bonds is 2. The first-order valence-electron chi connectivity index (χ1n) is 4.38. The number of ether oxygens (including phenoxy) is 1. The second-order valence-electron chi connectivity index (χ2n) is 3.42. The molecule has 1 saturated carbocycles. The molecule has 1 saturated heterocycles. The zero-order chi connectivity index (χ0) is 9.42. The number of amides is 1. The van der Waals surface area contributed by atoms with Gasteiger partial charge < -0.3 is 9.84 Å². The molecule has 1 aliphatic carbocycles. The van der Waals surface area contributed by atoms with E-state index in [0.29, 0.717) is 0 Å². The maximum absolute atomic E-state index is 11.2. The summed E-state index contributed by atoms with van der Waals surface area (Å²) in [6.45, 7) is -0.00926. The molecule has 0 aromatic carbocycles. The lowest BCUT2D eigenvalue weighted by molar-refractivity contribution is -0.142. The lowest BCUT2D eigenvalue weighted by Crippen LogP contribution is -2.48. The minimum absolute atomic E-state index is 0.00926.